The van der Waals surface area contributed by atoms with Crippen molar-refractivity contribution >= 4 is 0 Å². The molecule has 1 aliphatic heterocycles. The smallest absolute Gasteiger partial charge is 0.0703 e. The van der Waals surface area contributed by atoms with Gasteiger partial charge in [-0.25, -0.2) is 0 Å². The monoisotopic (exact) mass is 273 g/mol. The maximum absolute atomic E-state index is 8.81. The van der Waals surface area contributed by atoms with Crippen LogP contribution in [-0.2, 0) is 11.3 Å². The number of likely N-dealkylation sites (N-methyl/N-ethyl adjacent to an activating group) is 1. The van der Waals surface area contributed by atoms with Crippen LogP contribution in [0.1, 0.15) is 30.9 Å². The van der Waals surface area contributed by atoms with E-state index in [1.54, 1.807) is 0 Å². The second-order valence-electron chi connectivity index (χ2n) is 5.28. The van der Waals surface area contributed by atoms with E-state index in [0.717, 1.165) is 25.1 Å². The Kier molecular flexibility index (Phi) is 5.60. The number of aliphatic hydroxyl groups is 1. The Bertz CT molecular complexity index is 489. The molecule has 1 saturated heterocycles. The van der Waals surface area contributed by atoms with Crippen LogP contribution in [0.25, 0.3) is 0 Å². The van der Waals surface area contributed by atoms with Gasteiger partial charge < -0.3 is 9.84 Å². The normalized spacial score (nSPS) is 21.8. The molecular weight excluding hydrogens is 250 g/mol. The maximum Gasteiger partial charge on any atom is 0.0703 e. The van der Waals surface area contributed by atoms with E-state index in [0.29, 0.717) is 18.6 Å². The summed E-state index contributed by atoms with van der Waals surface area (Å²) in [6.07, 6.45) is 1.92. The fourth-order valence-electron chi connectivity index (χ4n) is 2.68. The van der Waals surface area contributed by atoms with Gasteiger partial charge in [0.15, 0.2) is 0 Å². The van der Waals surface area contributed by atoms with E-state index >= 15 is 0 Å². The molecule has 2 rings (SSSR count). The zero-order valence-corrected chi connectivity index (χ0v) is 12.3. The van der Waals surface area contributed by atoms with Crippen molar-refractivity contribution in [3.8, 4) is 11.8 Å². The molecule has 3 heteroatoms. The predicted molar refractivity (Wildman–Crippen MR) is 80.3 cm³/mol. The fourth-order valence-corrected chi connectivity index (χ4v) is 2.68. The minimum absolute atomic E-state index is 0.117. The summed E-state index contributed by atoms with van der Waals surface area (Å²) in [5, 5.41) is 8.81. The first kappa shape index (κ1) is 15.1. The molecule has 20 heavy (non-hydrogen) atoms. The number of rotatable bonds is 4. The van der Waals surface area contributed by atoms with Crippen LogP contribution in [0.15, 0.2) is 24.3 Å². The van der Waals surface area contributed by atoms with Crippen LogP contribution in [0, 0.1) is 11.8 Å². The van der Waals surface area contributed by atoms with E-state index in [4.69, 9.17) is 9.84 Å². The van der Waals surface area contributed by atoms with Gasteiger partial charge in [0.25, 0.3) is 0 Å². The van der Waals surface area contributed by atoms with Gasteiger partial charge in [0.05, 0.1) is 12.7 Å². The number of hydrogen-bond donors (Lipinski definition) is 1. The van der Waals surface area contributed by atoms with E-state index in [9.17, 15) is 0 Å². The standard InChI is InChI=1S/C17H23NO2/c1-14-17(10-12-20-14)18(2)13-16-9-4-3-7-15(16)8-5-6-11-19/h3-4,7,9,14,17,19H,6,10-13H2,1-2H3. The number of aliphatic hydroxyl groups excluding tert-OH is 1. The SMILES string of the molecule is CC1OCCC1N(C)Cc1ccccc1C#CCCO. The number of nitrogens with zero attached hydrogens (tertiary/aromatic N) is 1. The van der Waals surface area contributed by atoms with Gasteiger partial charge in [0.2, 0.25) is 0 Å². The highest BCUT2D eigenvalue weighted by Crippen LogP contribution is 2.21. The van der Waals surface area contributed by atoms with E-state index in [1.165, 1.54) is 5.56 Å². The van der Waals surface area contributed by atoms with Gasteiger partial charge in [0, 0.05) is 31.2 Å². The highest BCUT2D eigenvalue weighted by molar-refractivity contribution is 5.41. The molecule has 0 radical (unpaired) electrons. The topological polar surface area (TPSA) is 32.7 Å². The Hall–Kier alpha value is -1.34. The third-order valence-corrected chi connectivity index (χ3v) is 3.80. The molecule has 108 valence electrons. The van der Waals surface area contributed by atoms with Crippen molar-refractivity contribution < 1.29 is 9.84 Å². The average molecular weight is 273 g/mol. The lowest BCUT2D eigenvalue weighted by atomic mass is 10.0. The zero-order chi connectivity index (χ0) is 14.4. The molecule has 0 spiro atoms. The maximum atomic E-state index is 8.81. The van der Waals surface area contributed by atoms with E-state index in [-0.39, 0.29) is 6.61 Å². The van der Waals surface area contributed by atoms with Gasteiger partial charge in [-0.15, -0.1) is 0 Å². The molecule has 0 amide bonds. The number of hydrogen-bond acceptors (Lipinski definition) is 3. The molecule has 1 aliphatic rings. The summed E-state index contributed by atoms with van der Waals surface area (Å²) < 4.78 is 5.64. The summed E-state index contributed by atoms with van der Waals surface area (Å²) in [4.78, 5) is 2.35. The van der Waals surface area contributed by atoms with Crippen LogP contribution in [-0.4, -0.2) is 42.4 Å². The Morgan fingerprint density at radius 2 is 2.20 bits per heavy atom. The molecule has 1 N–H and O–H groups in total. The molecule has 1 fully saturated rings. The van der Waals surface area contributed by atoms with Crippen molar-refractivity contribution in [2.75, 3.05) is 20.3 Å². The molecule has 3 nitrogen and oxygen atoms in total. The van der Waals surface area contributed by atoms with E-state index in [1.807, 2.05) is 12.1 Å². The van der Waals surface area contributed by atoms with Gasteiger partial charge in [0.1, 0.15) is 0 Å². The molecule has 0 saturated carbocycles. The minimum Gasteiger partial charge on any atom is -0.395 e. The van der Waals surface area contributed by atoms with Gasteiger partial charge in [-0.2, -0.15) is 0 Å². The molecule has 2 atom stereocenters. The van der Waals surface area contributed by atoms with Crippen molar-refractivity contribution in [3.63, 3.8) is 0 Å². The second kappa shape index (κ2) is 7.44. The minimum atomic E-state index is 0.117. The molecule has 1 heterocycles. The zero-order valence-electron chi connectivity index (χ0n) is 12.3. The summed E-state index contributed by atoms with van der Waals surface area (Å²) in [7, 11) is 2.15. The molecule has 0 bridgehead atoms. The second-order valence-corrected chi connectivity index (χ2v) is 5.28. The molecule has 1 aromatic carbocycles. The summed E-state index contributed by atoms with van der Waals surface area (Å²) in [6.45, 7) is 3.99. The van der Waals surface area contributed by atoms with Crippen LogP contribution in [0.2, 0.25) is 0 Å². The van der Waals surface area contributed by atoms with Crippen LogP contribution < -0.4 is 0 Å². The molecular formula is C17H23NO2. The molecule has 2 unspecified atom stereocenters. The van der Waals surface area contributed by atoms with Crippen molar-refractivity contribution in [1.29, 1.82) is 0 Å². The number of ether oxygens (including phenoxy) is 1. The Morgan fingerprint density at radius 1 is 1.40 bits per heavy atom. The largest absolute Gasteiger partial charge is 0.395 e. The van der Waals surface area contributed by atoms with Crippen LogP contribution in [0.3, 0.4) is 0 Å². The Morgan fingerprint density at radius 3 is 2.90 bits per heavy atom. The summed E-state index contributed by atoms with van der Waals surface area (Å²) >= 11 is 0. The summed E-state index contributed by atoms with van der Waals surface area (Å²) in [6, 6.07) is 8.71. The highest BCUT2D eigenvalue weighted by Gasteiger charge is 2.27. The average Bonchev–Trinajstić information content (AvgIpc) is 2.87. The highest BCUT2D eigenvalue weighted by atomic mass is 16.5. The van der Waals surface area contributed by atoms with Crippen molar-refractivity contribution in [2.45, 2.75) is 38.5 Å². The molecule has 0 aromatic heterocycles. The van der Waals surface area contributed by atoms with E-state index < -0.39 is 0 Å². The first-order valence-electron chi connectivity index (χ1n) is 7.22. The van der Waals surface area contributed by atoms with Crippen LogP contribution >= 0.6 is 0 Å². The molecule has 1 aromatic rings. The molecule has 0 aliphatic carbocycles. The van der Waals surface area contributed by atoms with Crippen molar-refractivity contribution in [2.24, 2.45) is 0 Å². The first-order valence-corrected chi connectivity index (χ1v) is 7.22. The lowest BCUT2D eigenvalue weighted by Gasteiger charge is -2.27. The Balaban J connectivity index is 2.07. The quantitative estimate of drug-likeness (QED) is 0.852. The fraction of sp³-hybridized carbons (Fsp3) is 0.529. The van der Waals surface area contributed by atoms with Crippen LogP contribution in [0.5, 0.6) is 0 Å². The lowest BCUT2D eigenvalue weighted by molar-refractivity contribution is 0.0814. The lowest BCUT2D eigenvalue weighted by Crippen LogP contribution is -2.36. The summed E-state index contributed by atoms with van der Waals surface area (Å²) in [5.41, 5.74) is 2.29. The van der Waals surface area contributed by atoms with Crippen molar-refractivity contribution in [1.82, 2.24) is 4.90 Å². The van der Waals surface area contributed by atoms with Crippen LogP contribution in [0.4, 0.5) is 0 Å². The van der Waals surface area contributed by atoms with Gasteiger partial charge in [-0.1, -0.05) is 30.0 Å². The third-order valence-electron chi connectivity index (χ3n) is 3.80. The van der Waals surface area contributed by atoms with Gasteiger partial charge in [-0.05, 0) is 32.0 Å². The van der Waals surface area contributed by atoms with Gasteiger partial charge >= 0.3 is 0 Å². The first-order chi connectivity index (χ1) is 9.72. The number of benzene rings is 1. The van der Waals surface area contributed by atoms with Crippen molar-refractivity contribution in [3.05, 3.63) is 35.4 Å². The Labute approximate surface area is 121 Å². The predicted octanol–water partition coefficient (Wildman–Crippen LogP) is 2.03. The van der Waals surface area contributed by atoms with Gasteiger partial charge in [-0.3, -0.25) is 4.90 Å². The third kappa shape index (κ3) is 3.83. The summed E-state index contributed by atoms with van der Waals surface area (Å²) in [5.74, 6) is 6.15. The van der Waals surface area contributed by atoms with E-state index in [2.05, 4.69) is 42.8 Å².